The predicted octanol–water partition coefficient (Wildman–Crippen LogP) is 5.60. The zero-order valence-corrected chi connectivity index (χ0v) is 17.9. The third-order valence-electron chi connectivity index (χ3n) is 6.11. The van der Waals surface area contributed by atoms with Gasteiger partial charge >= 0.3 is 0 Å². The zero-order chi connectivity index (χ0) is 21.1. The number of hydrogen-bond donors (Lipinski definition) is 2. The molecule has 0 bridgehead atoms. The molecule has 156 valence electrons. The van der Waals surface area contributed by atoms with Crippen molar-refractivity contribution in [1.82, 2.24) is 19.9 Å². The van der Waals surface area contributed by atoms with Gasteiger partial charge in [-0.1, -0.05) is 20.8 Å². The van der Waals surface area contributed by atoms with E-state index in [9.17, 15) is 0 Å². The van der Waals surface area contributed by atoms with E-state index in [-0.39, 0.29) is 0 Å². The summed E-state index contributed by atoms with van der Waals surface area (Å²) in [4.78, 5) is 15.8. The molecule has 31 heavy (non-hydrogen) atoms. The van der Waals surface area contributed by atoms with E-state index < -0.39 is 0 Å². The van der Waals surface area contributed by atoms with Crippen LogP contribution in [0.2, 0.25) is 0 Å². The number of H-pyrrole nitrogens is 2. The fourth-order valence-corrected chi connectivity index (χ4v) is 4.47. The van der Waals surface area contributed by atoms with Gasteiger partial charge in [-0.2, -0.15) is 0 Å². The van der Waals surface area contributed by atoms with Crippen molar-refractivity contribution >= 4 is 0 Å². The van der Waals surface area contributed by atoms with Gasteiger partial charge in [0.1, 0.15) is 36.4 Å². The number of rotatable bonds is 4. The van der Waals surface area contributed by atoms with Crippen molar-refractivity contribution in [3.8, 4) is 45.1 Å². The summed E-state index contributed by atoms with van der Waals surface area (Å²) in [5.41, 5.74) is 8.84. The van der Waals surface area contributed by atoms with Crippen molar-refractivity contribution < 1.29 is 9.47 Å². The second-order valence-corrected chi connectivity index (χ2v) is 8.53. The van der Waals surface area contributed by atoms with Crippen molar-refractivity contribution in [1.29, 1.82) is 0 Å². The summed E-state index contributed by atoms with van der Waals surface area (Å²) in [5, 5.41) is 0. The Balaban J connectivity index is 1.45. The molecule has 2 aromatic carbocycles. The fraction of sp³-hybridized carbons (Fsp3) is 0.280. The average Bonchev–Trinajstić information content (AvgIpc) is 3.47. The van der Waals surface area contributed by atoms with Crippen molar-refractivity contribution in [3.63, 3.8) is 0 Å². The number of aromatic nitrogens is 4. The van der Waals surface area contributed by atoms with Gasteiger partial charge in [0.05, 0.1) is 29.3 Å². The van der Waals surface area contributed by atoms with Crippen molar-refractivity contribution in [2.75, 3.05) is 0 Å². The molecule has 2 aromatic heterocycles. The molecule has 0 atom stereocenters. The molecule has 4 heterocycles. The molecule has 0 aliphatic carbocycles. The van der Waals surface area contributed by atoms with E-state index in [0.717, 1.165) is 57.6 Å². The summed E-state index contributed by atoms with van der Waals surface area (Å²) >= 11 is 0. The van der Waals surface area contributed by atoms with Crippen LogP contribution in [-0.4, -0.2) is 19.9 Å². The van der Waals surface area contributed by atoms with E-state index >= 15 is 0 Å². The first-order valence-corrected chi connectivity index (χ1v) is 10.8. The van der Waals surface area contributed by atoms with Gasteiger partial charge in [-0.25, -0.2) is 9.97 Å². The molecule has 0 radical (unpaired) electrons. The highest BCUT2D eigenvalue weighted by Gasteiger charge is 2.30. The van der Waals surface area contributed by atoms with Crippen molar-refractivity contribution in [3.05, 3.63) is 59.4 Å². The number of aromatic amines is 2. The van der Waals surface area contributed by atoms with E-state index in [4.69, 9.17) is 9.47 Å². The molecule has 6 rings (SSSR count). The first kappa shape index (κ1) is 18.2. The summed E-state index contributed by atoms with van der Waals surface area (Å²) in [5.74, 6) is 4.07. The second kappa shape index (κ2) is 6.74. The van der Waals surface area contributed by atoms with Crippen molar-refractivity contribution in [2.45, 2.75) is 46.3 Å². The minimum absolute atomic E-state index is 0.364. The number of imidazole rings is 2. The van der Waals surface area contributed by atoms with Crippen LogP contribution in [0.4, 0.5) is 0 Å². The molecule has 0 unspecified atom stereocenters. The number of aryl methyl sites for hydroxylation is 1. The zero-order valence-electron chi connectivity index (χ0n) is 17.9. The Kier molecular flexibility index (Phi) is 3.96. The van der Waals surface area contributed by atoms with E-state index in [1.54, 1.807) is 0 Å². The average molecular weight is 412 g/mol. The first-order chi connectivity index (χ1) is 15.1. The van der Waals surface area contributed by atoms with Crippen LogP contribution in [0.15, 0.2) is 36.7 Å². The van der Waals surface area contributed by atoms with E-state index in [1.807, 2.05) is 12.4 Å². The van der Waals surface area contributed by atoms with Crippen LogP contribution in [-0.2, 0) is 19.6 Å². The molecule has 0 spiro atoms. The SMILES string of the molecule is CCc1ncc(-c2cc3c4c(c2)OCc2cc(-c5cnc(C(C)C)[nH]5)cc(c2-4)CO3)[nH]1. The Hall–Kier alpha value is -3.54. The van der Waals surface area contributed by atoms with Crippen LogP contribution in [0.1, 0.15) is 49.5 Å². The molecule has 0 saturated carbocycles. The molecule has 6 nitrogen and oxygen atoms in total. The Bertz CT molecular complexity index is 1260. The first-order valence-electron chi connectivity index (χ1n) is 10.8. The maximum atomic E-state index is 6.21. The van der Waals surface area contributed by atoms with Gasteiger partial charge in [-0.05, 0) is 35.4 Å². The highest BCUT2D eigenvalue weighted by atomic mass is 16.5. The molecule has 0 fully saturated rings. The van der Waals surface area contributed by atoms with Crippen LogP contribution in [0.3, 0.4) is 0 Å². The lowest BCUT2D eigenvalue weighted by Gasteiger charge is -2.30. The molecule has 0 amide bonds. The Labute approximate surface area is 180 Å². The number of nitrogens with one attached hydrogen (secondary N) is 2. The van der Waals surface area contributed by atoms with Crippen LogP contribution in [0, 0.1) is 0 Å². The molecule has 0 saturated heterocycles. The Morgan fingerprint density at radius 3 is 2.03 bits per heavy atom. The van der Waals surface area contributed by atoms with Crippen LogP contribution in [0.25, 0.3) is 33.6 Å². The summed E-state index contributed by atoms with van der Waals surface area (Å²) < 4.78 is 12.4. The highest BCUT2D eigenvalue weighted by Crippen LogP contribution is 2.51. The minimum Gasteiger partial charge on any atom is -0.488 e. The Morgan fingerprint density at radius 1 is 0.839 bits per heavy atom. The van der Waals surface area contributed by atoms with Crippen LogP contribution < -0.4 is 9.47 Å². The largest absolute Gasteiger partial charge is 0.488 e. The van der Waals surface area contributed by atoms with Gasteiger partial charge in [0.2, 0.25) is 0 Å². The molecule has 2 aliphatic heterocycles. The number of hydrogen-bond acceptors (Lipinski definition) is 4. The molecular weight excluding hydrogens is 388 g/mol. The summed E-state index contributed by atoms with van der Waals surface area (Å²) in [6.45, 7) is 7.45. The summed E-state index contributed by atoms with van der Waals surface area (Å²) in [7, 11) is 0. The quantitative estimate of drug-likeness (QED) is 0.457. The monoisotopic (exact) mass is 412 g/mol. The number of ether oxygens (including phenoxy) is 2. The lowest BCUT2D eigenvalue weighted by Crippen LogP contribution is -2.15. The predicted molar refractivity (Wildman–Crippen MR) is 119 cm³/mol. The van der Waals surface area contributed by atoms with Crippen molar-refractivity contribution in [2.24, 2.45) is 0 Å². The molecule has 4 aromatic rings. The lowest BCUT2D eigenvalue weighted by atomic mass is 9.87. The highest BCUT2D eigenvalue weighted by molar-refractivity contribution is 5.88. The summed E-state index contributed by atoms with van der Waals surface area (Å²) in [6.07, 6.45) is 4.66. The van der Waals surface area contributed by atoms with E-state index in [1.165, 1.54) is 16.7 Å². The van der Waals surface area contributed by atoms with Gasteiger partial charge in [0.25, 0.3) is 0 Å². The van der Waals surface area contributed by atoms with E-state index in [0.29, 0.717) is 19.1 Å². The maximum Gasteiger partial charge on any atom is 0.132 e. The minimum atomic E-state index is 0.364. The number of nitrogens with zero attached hydrogens (tertiary/aromatic N) is 2. The second-order valence-electron chi connectivity index (χ2n) is 8.53. The van der Waals surface area contributed by atoms with Gasteiger partial charge in [0, 0.05) is 29.0 Å². The fourth-order valence-electron chi connectivity index (χ4n) is 4.47. The van der Waals surface area contributed by atoms with Crippen LogP contribution in [0.5, 0.6) is 11.5 Å². The molecular formula is C25H24N4O2. The standard InChI is InChI=1S/C25H24N4O2/c1-4-22-26-9-18(28-22)15-7-20-24-21(8-15)31-12-17-6-14(5-16(11-30-20)23(17)24)19-10-27-25(29-19)13(2)3/h5-10,13H,4,11-12H2,1-3H3,(H,26,28)(H,27,29). The van der Waals surface area contributed by atoms with Gasteiger partial charge in [0.15, 0.2) is 0 Å². The van der Waals surface area contributed by atoms with Gasteiger partial charge in [-0.3, -0.25) is 0 Å². The lowest BCUT2D eigenvalue weighted by molar-refractivity contribution is 0.277. The smallest absolute Gasteiger partial charge is 0.132 e. The topological polar surface area (TPSA) is 75.8 Å². The summed E-state index contributed by atoms with van der Waals surface area (Å²) in [6, 6.07) is 8.60. The normalized spacial score (nSPS) is 13.7. The van der Waals surface area contributed by atoms with E-state index in [2.05, 4.69) is 65.0 Å². The third kappa shape index (κ3) is 2.86. The molecule has 2 N–H and O–H groups in total. The maximum absolute atomic E-state index is 6.21. The van der Waals surface area contributed by atoms with Crippen LogP contribution >= 0.6 is 0 Å². The molecule has 6 heteroatoms. The Morgan fingerprint density at radius 2 is 1.45 bits per heavy atom. The van der Waals surface area contributed by atoms with Gasteiger partial charge < -0.3 is 19.4 Å². The third-order valence-corrected chi connectivity index (χ3v) is 6.11. The number of benzene rings is 2. The van der Waals surface area contributed by atoms with Gasteiger partial charge in [-0.15, -0.1) is 0 Å². The molecule has 2 aliphatic rings.